The van der Waals surface area contributed by atoms with Crippen LogP contribution in [0, 0.1) is 5.92 Å². The number of likely N-dealkylation sites (tertiary alicyclic amines) is 1. The normalized spacial score (nSPS) is 19.4. The standard InChI is InChI=1S/C24H30N2O3/c1-18(25-23(27)26-14-12-24(28,13-15-26)21-10-11-21)20-8-5-9-22(16-20)29-17-19-6-3-2-4-7-19/h2-9,16,18,21,28H,10-15,17H2,1H3,(H,25,27)/t18-/m0/s1. The molecule has 1 aliphatic carbocycles. The molecular weight excluding hydrogens is 364 g/mol. The Morgan fingerprint density at radius 2 is 1.90 bits per heavy atom. The van der Waals surface area contributed by atoms with E-state index in [9.17, 15) is 9.90 Å². The van der Waals surface area contributed by atoms with Crippen LogP contribution in [-0.4, -0.2) is 34.7 Å². The number of piperidine rings is 1. The second-order valence-corrected chi connectivity index (χ2v) is 8.38. The first kappa shape index (κ1) is 19.8. The number of amides is 2. The third-order valence-electron chi connectivity index (χ3n) is 6.20. The van der Waals surface area contributed by atoms with Crippen molar-refractivity contribution in [1.29, 1.82) is 0 Å². The smallest absolute Gasteiger partial charge is 0.317 e. The lowest BCUT2D eigenvalue weighted by Crippen LogP contribution is -2.51. The summed E-state index contributed by atoms with van der Waals surface area (Å²) >= 11 is 0. The zero-order valence-corrected chi connectivity index (χ0v) is 17.0. The minimum Gasteiger partial charge on any atom is -0.489 e. The molecule has 2 aromatic carbocycles. The van der Waals surface area contributed by atoms with Crippen molar-refractivity contribution in [2.75, 3.05) is 13.1 Å². The number of carbonyl (C=O) groups excluding carboxylic acids is 1. The molecule has 0 unspecified atom stereocenters. The van der Waals surface area contributed by atoms with E-state index in [0.717, 1.165) is 29.7 Å². The number of benzene rings is 2. The van der Waals surface area contributed by atoms with Gasteiger partial charge in [0.15, 0.2) is 0 Å². The van der Waals surface area contributed by atoms with Gasteiger partial charge in [-0.05, 0) is 61.8 Å². The van der Waals surface area contributed by atoms with Gasteiger partial charge in [-0.2, -0.15) is 0 Å². The molecule has 2 fully saturated rings. The van der Waals surface area contributed by atoms with E-state index in [-0.39, 0.29) is 12.1 Å². The molecule has 5 nitrogen and oxygen atoms in total. The van der Waals surface area contributed by atoms with Gasteiger partial charge in [-0.1, -0.05) is 42.5 Å². The third-order valence-corrected chi connectivity index (χ3v) is 6.20. The van der Waals surface area contributed by atoms with Crippen molar-refractivity contribution >= 4 is 6.03 Å². The lowest BCUT2D eigenvalue weighted by atomic mass is 9.87. The number of rotatable bonds is 6. The molecule has 2 amide bonds. The number of nitrogens with zero attached hydrogens (tertiary/aromatic N) is 1. The van der Waals surface area contributed by atoms with Crippen LogP contribution in [0.25, 0.3) is 0 Å². The van der Waals surface area contributed by atoms with Crippen molar-refractivity contribution in [1.82, 2.24) is 10.2 Å². The first-order chi connectivity index (χ1) is 14.0. The Bertz CT molecular complexity index is 827. The number of urea groups is 1. The van der Waals surface area contributed by atoms with Gasteiger partial charge in [0.25, 0.3) is 0 Å². The zero-order chi connectivity index (χ0) is 20.3. The molecule has 0 radical (unpaired) electrons. The maximum absolute atomic E-state index is 12.7. The lowest BCUT2D eigenvalue weighted by molar-refractivity contribution is -0.0308. The van der Waals surface area contributed by atoms with Crippen LogP contribution in [0.4, 0.5) is 4.79 Å². The Kier molecular flexibility index (Phi) is 5.76. The Hall–Kier alpha value is -2.53. The maximum atomic E-state index is 12.7. The van der Waals surface area contributed by atoms with Gasteiger partial charge in [-0.15, -0.1) is 0 Å². The lowest BCUT2D eigenvalue weighted by Gasteiger charge is -2.38. The van der Waals surface area contributed by atoms with E-state index in [1.54, 1.807) is 0 Å². The fourth-order valence-electron chi connectivity index (χ4n) is 4.10. The predicted octanol–water partition coefficient (Wildman–Crippen LogP) is 4.27. The summed E-state index contributed by atoms with van der Waals surface area (Å²) in [6.45, 7) is 3.74. The fourth-order valence-corrected chi connectivity index (χ4v) is 4.10. The number of hydrogen-bond acceptors (Lipinski definition) is 3. The van der Waals surface area contributed by atoms with E-state index in [1.165, 1.54) is 0 Å². The van der Waals surface area contributed by atoms with Crippen LogP contribution in [0.15, 0.2) is 54.6 Å². The number of hydrogen-bond donors (Lipinski definition) is 2. The van der Waals surface area contributed by atoms with Crippen LogP contribution in [0.3, 0.4) is 0 Å². The fraction of sp³-hybridized carbons (Fsp3) is 0.458. The Morgan fingerprint density at radius 3 is 2.59 bits per heavy atom. The Morgan fingerprint density at radius 1 is 1.17 bits per heavy atom. The van der Waals surface area contributed by atoms with E-state index in [2.05, 4.69) is 5.32 Å². The van der Waals surface area contributed by atoms with Crippen LogP contribution < -0.4 is 10.1 Å². The van der Waals surface area contributed by atoms with Gasteiger partial charge in [0.2, 0.25) is 0 Å². The third kappa shape index (κ3) is 4.91. The first-order valence-electron chi connectivity index (χ1n) is 10.6. The number of nitrogens with one attached hydrogen (secondary N) is 1. The predicted molar refractivity (Wildman–Crippen MR) is 113 cm³/mol. The second kappa shape index (κ2) is 8.46. The molecular formula is C24H30N2O3. The summed E-state index contributed by atoms with van der Waals surface area (Å²) in [5, 5.41) is 13.8. The molecule has 4 rings (SSSR count). The number of carbonyl (C=O) groups is 1. The van der Waals surface area contributed by atoms with Crippen molar-refractivity contribution < 1.29 is 14.6 Å². The van der Waals surface area contributed by atoms with Gasteiger partial charge in [-0.25, -0.2) is 4.79 Å². The molecule has 154 valence electrons. The molecule has 1 atom stereocenters. The van der Waals surface area contributed by atoms with Gasteiger partial charge in [0, 0.05) is 13.1 Å². The average Bonchev–Trinajstić information content (AvgIpc) is 3.60. The molecule has 29 heavy (non-hydrogen) atoms. The van der Waals surface area contributed by atoms with Crippen molar-refractivity contribution in [2.45, 2.75) is 50.9 Å². The van der Waals surface area contributed by atoms with Gasteiger partial charge in [0.05, 0.1) is 11.6 Å². The van der Waals surface area contributed by atoms with Crippen LogP contribution in [0.2, 0.25) is 0 Å². The summed E-state index contributed by atoms with van der Waals surface area (Å²) in [6.07, 6.45) is 3.62. The monoisotopic (exact) mass is 394 g/mol. The van der Waals surface area contributed by atoms with E-state index in [4.69, 9.17) is 4.74 Å². The number of aliphatic hydroxyl groups is 1. The van der Waals surface area contributed by atoms with Crippen molar-refractivity contribution in [3.8, 4) is 5.75 Å². The molecule has 0 spiro atoms. The topological polar surface area (TPSA) is 61.8 Å². The van der Waals surface area contributed by atoms with Crippen molar-refractivity contribution in [3.05, 3.63) is 65.7 Å². The summed E-state index contributed by atoms with van der Waals surface area (Å²) < 4.78 is 5.90. The van der Waals surface area contributed by atoms with Gasteiger partial charge in [0.1, 0.15) is 12.4 Å². The van der Waals surface area contributed by atoms with Crippen molar-refractivity contribution in [3.63, 3.8) is 0 Å². The summed E-state index contributed by atoms with van der Waals surface area (Å²) in [5.74, 6) is 1.24. The second-order valence-electron chi connectivity index (χ2n) is 8.38. The van der Waals surface area contributed by atoms with E-state index in [1.807, 2.05) is 66.4 Å². The summed E-state index contributed by atoms with van der Waals surface area (Å²) in [5.41, 5.74) is 1.58. The van der Waals surface area contributed by atoms with Crippen LogP contribution in [-0.2, 0) is 6.61 Å². The van der Waals surface area contributed by atoms with E-state index >= 15 is 0 Å². The zero-order valence-electron chi connectivity index (χ0n) is 17.0. The van der Waals surface area contributed by atoms with Crippen LogP contribution in [0.5, 0.6) is 5.75 Å². The van der Waals surface area contributed by atoms with Crippen molar-refractivity contribution in [2.24, 2.45) is 5.92 Å². The highest BCUT2D eigenvalue weighted by Gasteiger charge is 2.45. The number of ether oxygens (including phenoxy) is 1. The molecule has 1 saturated carbocycles. The van der Waals surface area contributed by atoms with E-state index in [0.29, 0.717) is 38.5 Å². The Labute approximate surface area is 172 Å². The quantitative estimate of drug-likeness (QED) is 0.769. The average molecular weight is 395 g/mol. The van der Waals surface area contributed by atoms with Gasteiger partial charge >= 0.3 is 6.03 Å². The molecule has 1 aliphatic heterocycles. The van der Waals surface area contributed by atoms with Gasteiger partial charge in [-0.3, -0.25) is 0 Å². The summed E-state index contributed by atoms with van der Waals surface area (Å²) in [4.78, 5) is 14.5. The molecule has 0 bridgehead atoms. The molecule has 1 saturated heterocycles. The Balaban J connectivity index is 1.30. The minimum atomic E-state index is -0.549. The highest BCUT2D eigenvalue weighted by atomic mass is 16.5. The first-order valence-corrected chi connectivity index (χ1v) is 10.6. The molecule has 0 aromatic heterocycles. The molecule has 2 aliphatic rings. The SMILES string of the molecule is C[C@H](NC(=O)N1CCC(O)(C2CC2)CC1)c1cccc(OCc2ccccc2)c1. The highest BCUT2D eigenvalue weighted by molar-refractivity contribution is 5.74. The highest BCUT2D eigenvalue weighted by Crippen LogP contribution is 2.45. The largest absolute Gasteiger partial charge is 0.489 e. The van der Waals surface area contributed by atoms with Crippen LogP contribution >= 0.6 is 0 Å². The van der Waals surface area contributed by atoms with E-state index < -0.39 is 5.60 Å². The van der Waals surface area contributed by atoms with Gasteiger partial charge < -0.3 is 20.1 Å². The molecule has 5 heteroatoms. The summed E-state index contributed by atoms with van der Waals surface area (Å²) in [7, 11) is 0. The van der Waals surface area contributed by atoms with Crippen LogP contribution in [0.1, 0.15) is 49.8 Å². The minimum absolute atomic E-state index is 0.0639. The molecule has 1 heterocycles. The summed E-state index contributed by atoms with van der Waals surface area (Å²) in [6, 6.07) is 17.8. The molecule has 2 N–H and O–H groups in total. The molecule has 2 aromatic rings. The maximum Gasteiger partial charge on any atom is 0.317 e.